The van der Waals surface area contributed by atoms with Gasteiger partial charge in [-0.3, -0.25) is 19.0 Å². The molecule has 0 saturated heterocycles. The van der Waals surface area contributed by atoms with Crippen molar-refractivity contribution in [2.45, 2.75) is 6.54 Å². The Bertz CT molecular complexity index is 1120. The van der Waals surface area contributed by atoms with Crippen molar-refractivity contribution in [1.82, 2.24) is 19.7 Å². The van der Waals surface area contributed by atoms with E-state index in [1.807, 2.05) is 41.8 Å². The summed E-state index contributed by atoms with van der Waals surface area (Å²) < 4.78 is 1.48. The molecule has 1 N–H and O–H groups in total. The molecule has 128 valence electrons. The van der Waals surface area contributed by atoms with Crippen LogP contribution in [0.5, 0.6) is 0 Å². The summed E-state index contributed by atoms with van der Waals surface area (Å²) in [4.78, 5) is 34.3. The predicted molar refractivity (Wildman–Crippen MR) is 100 cm³/mol. The highest BCUT2D eigenvalue weighted by atomic mass is 32.1. The second kappa shape index (κ2) is 6.89. The maximum Gasteiger partial charge on any atom is 0.271 e. The topological polar surface area (TPSA) is 76.4 Å². The Morgan fingerprint density at radius 3 is 2.65 bits per heavy atom. The molecule has 0 fully saturated rings. The fourth-order valence-corrected chi connectivity index (χ4v) is 3.49. The van der Waals surface area contributed by atoms with Gasteiger partial charge in [0.05, 0.1) is 17.9 Å². The Morgan fingerprint density at radius 2 is 1.88 bits per heavy atom. The first-order chi connectivity index (χ1) is 12.7. The van der Waals surface area contributed by atoms with Gasteiger partial charge in [0.2, 0.25) is 0 Å². The highest BCUT2D eigenvalue weighted by Gasteiger charge is 2.16. The van der Waals surface area contributed by atoms with Crippen LogP contribution >= 0.6 is 11.3 Å². The van der Waals surface area contributed by atoms with E-state index in [0.717, 1.165) is 17.0 Å². The molecule has 4 rings (SSSR count). The Morgan fingerprint density at radius 1 is 1.08 bits per heavy atom. The minimum Gasteiger partial charge on any atom is -0.346 e. The number of benzene rings is 1. The maximum absolute atomic E-state index is 12.9. The summed E-state index contributed by atoms with van der Waals surface area (Å²) in [5.41, 5.74) is 1.97. The molecule has 0 atom stereocenters. The molecule has 7 heteroatoms. The van der Waals surface area contributed by atoms with Crippen molar-refractivity contribution < 1.29 is 4.79 Å². The molecule has 0 aliphatic carbocycles. The van der Waals surface area contributed by atoms with Gasteiger partial charge in [0.25, 0.3) is 11.5 Å². The van der Waals surface area contributed by atoms with Crippen LogP contribution in [-0.4, -0.2) is 20.3 Å². The van der Waals surface area contributed by atoms with Crippen LogP contribution in [0.3, 0.4) is 0 Å². The van der Waals surface area contributed by atoms with Crippen molar-refractivity contribution in [3.63, 3.8) is 0 Å². The predicted octanol–water partition coefficient (Wildman–Crippen LogP) is 2.75. The second-order valence-corrected chi connectivity index (χ2v) is 6.42. The third-order valence-electron chi connectivity index (χ3n) is 3.92. The summed E-state index contributed by atoms with van der Waals surface area (Å²) in [5.74, 6) is -0.465. The van der Waals surface area contributed by atoms with Gasteiger partial charge in [-0.15, -0.1) is 11.3 Å². The van der Waals surface area contributed by atoms with E-state index < -0.39 is 5.91 Å². The van der Waals surface area contributed by atoms with Crippen molar-refractivity contribution in [2.24, 2.45) is 0 Å². The molecule has 0 aliphatic heterocycles. The largest absolute Gasteiger partial charge is 0.346 e. The van der Waals surface area contributed by atoms with Crippen molar-refractivity contribution in [1.29, 1.82) is 0 Å². The fourth-order valence-electron chi connectivity index (χ4n) is 2.63. The lowest BCUT2D eigenvalue weighted by Gasteiger charge is -2.06. The SMILES string of the molecule is O=C(NCc1ccccn1)c1cnc2scc(-c3ccccc3)n2c1=O. The van der Waals surface area contributed by atoms with E-state index in [1.54, 1.807) is 18.3 Å². The van der Waals surface area contributed by atoms with Crippen molar-refractivity contribution in [2.75, 3.05) is 0 Å². The summed E-state index contributed by atoms with van der Waals surface area (Å²) in [7, 11) is 0. The Balaban J connectivity index is 1.69. The minimum atomic E-state index is -0.465. The van der Waals surface area contributed by atoms with Gasteiger partial charge in [0.1, 0.15) is 5.56 Å². The summed E-state index contributed by atoms with van der Waals surface area (Å²) in [6, 6.07) is 15.0. The summed E-state index contributed by atoms with van der Waals surface area (Å²) in [6.07, 6.45) is 2.98. The first kappa shape index (κ1) is 16.2. The van der Waals surface area contributed by atoms with Crippen LogP contribution in [0.25, 0.3) is 16.2 Å². The van der Waals surface area contributed by atoms with Gasteiger partial charge in [0, 0.05) is 17.8 Å². The van der Waals surface area contributed by atoms with Crippen molar-refractivity contribution in [3.8, 4) is 11.3 Å². The van der Waals surface area contributed by atoms with Crippen LogP contribution in [-0.2, 0) is 6.54 Å². The number of rotatable bonds is 4. The lowest BCUT2D eigenvalue weighted by molar-refractivity contribution is 0.0948. The van der Waals surface area contributed by atoms with Crippen LogP contribution < -0.4 is 10.9 Å². The number of fused-ring (bicyclic) bond motifs is 1. The van der Waals surface area contributed by atoms with Gasteiger partial charge in [-0.25, -0.2) is 4.98 Å². The van der Waals surface area contributed by atoms with Gasteiger partial charge < -0.3 is 5.32 Å². The molecule has 3 aromatic heterocycles. The molecule has 3 heterocycles. The van der Waals surface area contributed by atoms with E-state index in [0.29, 0.717) is 4.96 Å². The zero-order valence-corrected chi connectivity index (χ0v) is 14.4. The summed E-state index contributed by atoms with van der Waals surface area (Å²) in [5, 5.41) is 4.59. The molecule has 4 aromatic rings. The molecule has 0 bridgehead atoms. The molecule has 0 aliphatic rings. The van der Waals surface area contributed by atoms with Crippen LogP contribution in [0.2, 0.25) is 0 Å². The molecule has 1 aromatic carbocycles. The fraction of sp³-hybridized carbons (Fsp3) is 0.0526. The number of pyridine rings is 1. The minimum absolute atomic E-state index is 0.00834. The van der Waals surface area contributed by atoms with Crippen LogP contribution in [0.4, 0.5) is 0 Å². The quantitative estimate of drug-likeness (QED) is 0.606. The summed E-state index contributed by atoms with van der Waals surface area (Å²) >= 11 is 1.36. The van der Waals surface area contributed by atoms with Gasteiger partial charge in [0.15, 0.2) is 4.96 Å². The highest BCUT2D eigenvalue weighted by molar-refractivity contribution is 7.15. The van der Waals surface area contributed by atoms with E-state index in [4.69, 9.17) is 0 Å². The third-order valence-corrected chi connectivity index (χ3v) is 4.76. The molecule has 6 nitrogen and oxygen atoms in total. The van der Waals surface area contributed by atoms with Crippen LogP contribution in [0, 0.1) is 0 Å². The Hall–Kier alpha value is -3.32. The Labute approximate surface area is 152 Å². The number of hydrogen-bond donors (Lipinski definition) is 1. The number of amides is 1. The number of aromatic nitrogens is 3. The second-order valence-electron chi connectivity index (χ2n) is 5.59. The molecule has 1 amide bonds. The molecular formula is C19H14N4O2S. The number of hydrogen-bond acceptors (Lipinski definition) is 5. The first-order valence-electron chi connectivity index (χ1n) is 7.97. The molecular weight excluding hydrogens is 348 g/mol. The van der Waals surface area contributed by atoms with Crippen LogP contribution in [0.15, 0.2) is 71.1 Å². The number of carbonyl (C=O) groups is 1. The standard InChI is InChI=1S/C19H14N4O2S/c24-17(21-10-14-8-4-5-9-20-14)15-11-22-19-23(18(15)25)16(12-26-19)13-6-2-1-3-7-13/h1-9,11-12H,10H2,(H,21,24). The van der Waals surface area contributed by atoms with Crippen LogP contribution in [0.1, 0.15) is 16.1 Å². The summed E-state index contributed by atoms with van der Waals surface area (Å²) in [6.45, 7) is 0.247. The zero-order valence-electron chi connectivity index (χ0n) is 13.6. The average Bonchev–Trinajstić information content (AvgIpc) is 3.13. The van der Waals surface area contributed by atoms with Gasteiger partial charge in [-0.05, 0) is 17.7 Å². The molecule has 26 heavy (non-hydrogen) atoms. The maximum atomic E-state index is 12.9. The first-order valence-corrected chi connectivity index (χ1v) is 8.85. The van der Waals surface area contributed by atoms with E-state index >= 15 is 0 Å². The van der Waals surface area contributed by atoms with Gasteiger partial charge in [-0.2, -0.15) is 0 Å². The molecule has 0 saturated carbocycles. The van der Waals surface area contributed by atoms with Crippen molar-refractivity contribution >= 4 is 22.2 Å². The average molecular weight is 362 g/mol. The lowest BCUT2D eigenvalue weighted by Crippen LogP contribution is -2.31. The third kappa shape index (κ3) is 3.00. The van der Waals surface area contributed by atoms with E-state index in [2.05, 4.69) is 15.3 Å². The molecule has 0 radical (unpaired) electrons. The highest BCUT2D eigenvalue weighted by Crippen LogP contribution is 2.23. The number of thiazole rings is 1. The van der Waals surface area contributed by atoms with Gasteiger partial charge in [-0.1, -0.05) is 36.4 Å². The number of nitrogens with zero attached hydrogens (tertiary/aromatic N) is 3. The Kier molecular flexibility index (Phi) is 4.28. The van der Waals surface area contributed by atoms with Gasteiger partial charge >= 0.3 is 0 Å². The number of nitrogens with one attached hydrogen (secondary N) is 1. The molecule has 0 unspecified atom stereocenters. The molecule has 0 spiro atoms. The van der Waals surface area contributed by atoms with Crippen molar-refractivity contribution in [3.05, 3.63) is 87.9 Å². The lowest BCUT2D eigenvalue weighted by atomic mass is 10.2. The van der Waals surface area contributed by atoms with E-state index in [-0.39, 0.29) is 17.7 Å². The van der Waals surface area contributed by atoms with E-state index in [9.17, 15) is 9.59 Å². The van der Waals surface area contributed by atoms with E-state index in [1.165, 1.54) is 21.9 Å². The zero-order chi connectivity index (χ0) is 17.9. The normalized spacial score (nSPS) is 10.8. The number of carbonyl (C=O) groups excluding carboxylic acids is 1. The monoisotopic (exact) mass is 362 g/mol. The smallest absolute Gasteiger partial charge is 0.271 e.